The molecule has 0 radical (unpaired) electrons. The van der Waals surface area contributed by atoms with Gasteiger partial charge in [0.05, 0.1) is 43.3 Å². The number of hydrogen-bond donors (Lipinski definition) is 2. The molecule has 0 aliphatic heterocycles. The number of anilines is 2. The molecule has 254 valence electrons. The Hall–Kier alpha value is -5.96. The Labute approximate surface area is 309 Å². The summed E-state index contributed by atoms with van der Waals surface area (Å²) >= 11 is 3.33. The number of aryl methyl sites for hydroxylation is 4. The smallest absolute Gasteiger partial charge is 0.256 e. The number of fused-ring (bicyclic) bond motifs is 2. The number of benzene rings is 4. The molecule has 0 fully saturated rings. The normalized spacial score (nSPS) is 11.2. The van der Waals surface area contributed by atoms with Crippen LogP contribution in [0.1, 0.15) is 41.6 Å². The van der Waals surface area contributed by atoms with Gasteiger partial charge in [-0.2, -0.15) is 0 Å². The Kier molecular flexibility index (Phi) is 8.71. The maximum Gasteiger partial charge on any atom is 0.256 e. The highest BCUT2D eigenvalue weighted by molar-refractivity contribution is 7.15. The summed E-state index contributed by atoms with van der Waals surface area (Å²) in [5, 5.41) is 7.92. The molecule has 6 nitrogen and oxygen atoms in total. The number of pyridine rings is 2. The van der Waals surface area contributed by atoms with Crippen molar-refractivity contribution in [3.8, 4) is 32.3 Å². The van der Waals surface area contributed by atoms with Crippen molar-refractivity contribution in [1.82, 2.24) is 9.97 Å². The quantitative estimate of drug-likeness (QED) is 0.172. The van der Waals surface area contributed by atoms with Crippen LogP contribution in [-0.4, -0.2) is 21.8 Å². The van der Waals surface area contributed by atoms with Crippen LogP contribution in [-0.2, 0) is 0 Å². The van der Waals surface area contributed by atoms with E-state index in [1.165, 1.54) is 9.75 Å². The minimum Gasteiger partial charge on any atom is -0.322 e. The van der Waals surface area contributed by atoms with Crippen LogP contribution in [0.15, 0.2) is 121 Å². The molecule has 2 N–H and O–H groups in total. The van der Waals surface area contributed by atoms with Crippen molar-refractivity contribution in [2.45, 2.75) is 27.7 Å². The van der Waals surface area contributed by atoms with Crippen molar-refractivity contribution in [2.24, 2.45) is 0 Å². The van der Waals surface area contributed by atoms with Crippen LogP contribution < -0.4 is 10.6 Å². The molecule has 8 aromatic rings. The fourth-order valence-electron chi connectivity index (χ4n) is 6.47. The molecule has 2 amide bonds. The summed E-state index contributed by atoms with van der Waals surface area (Å²) in [5.41, 5.74) is 9.69. The molecule has 0 saturated heterocycles. The number of carbonyl (C=O) groups is 2. The van der Waals surface area contributed by atoms with E-state index in [1.54, 1.807) is 22.7 Å². The summed E-state index contributed by atoms with van der Waals surface area (Å²) < 4.78 is 0. The van der Waals surface area contributed by atoms with Gasteiger partial charge in [0.1, 0.15) is 0 Å². The van der Waals surface area contributed by atoms with Gasteiger partial charge in [0.25, 0.3) is 11.8 Å². The second-order valence-corrected chi connectivity index (χ2v) is 15.5. The average molecular weight is 715 g/mol. The predicted molar refractivity (Wildman–Crippen MR) is 217 cm³/mol. The minimum absolute atomic E-state index is 0.181. The first-order valence-corrected chi connectivity index (χ1v) is 18.6. The average Bonchev–Trinajstić information content (AvgIpc) is 3.80. The summed E-state index contributed by atoms with van der Waals surface area (Å²) in [6.45, 7) is 8.12. The molecule has 0 saturated carbocycles. The fraction of sp³-hybridized carbons (Fsp3) is 0.0909. The monoisotopic (exact) mass is 714 g/mol. The predicted octanol–water partition coefficient (Wildman–Crippen LogP) is 11.6. The van der Waals surface area contributed by atoms with E-state index in [0.29, 0.717) is 11.1 Å². The van der Waals surface area contributed by atoms with Crippen molar-refractivity contribution in [2.75, 3.05) is 10.6 Å². The van der Waals surface area contributed by atoms with E-state index in [2.05, 4.69) is 60.9 Å². The van der Waals surface area contributed by atoms with E-state index in [-0.39, 0.29) is 11.8 Å². The minimum atomic E-state index is -0.181. The van der Waals surface area contributed by atoms with E-state index < -0.39 is 0 Å². The van der Waals surface area contributed by atoms with Crippen LogP contribution in [0.3, 0.4) is 0 Å². The Balaban J connectivity index is 1.03. The molecule has 0 aliphatic rings. The number of hydrogen-bond acceptors (Lipinski definition) is 6. The molecule has 4 aromatic heterocycles. The Morgan fingerprint density at radius 3 is 1.31 bits per heavy atom. The van der Waals surface area contributed by atoms with Gasteiger partial charge in [-0.3, -0.25) is 9.59 Å². The molecule has 0 bridgehead atoms. The molecule has 8 heteroatoms. The molecule has 8 rings (SSSR count). The summed E-state index contributed by atoms with van der Waals surface area (Å²) in [7, 11) is 0. The molecule has 0 atom stereocenters. The highest BCUT2D eigenvalue weighted by atomic mass is 32.1. The molecular formula is C44H34N4O2S2. The zero-order valence-electron chi connectivity index (χ0n) is 29.1. The number of aromatic nitrogens is 2. The van der Waals surface area contributed by atoms with Crippen molar-refractivity contribution >= 4 is 67.7 Å². The highest BCUT2D eigenvalue weighted by Gasteiger charge is 2.18. The summed E-state index contributed by atoms with van der Waals surface area (Å²) in [5.74, 6) is -0.362. The summed E-state index contributed by atoms with van der Waals surface area (Å²) in [6, 6.07) is 39.6. The Morgan fingerprint density at radius 2 is 0.923 bits per heavy atom. The van der Waals surface area contributed by atoms with Crippen LogP contribution in [0.5, 0.6) is 0 Å². The second kappa shape index (κ2) is 13.6. The summed E-state index contributed by atoms with van der Waals surface area (Å²) in [6.07, 6.45) is 0. The maximum atomic E-state index is 13.8. The Morgan fingerprint density at radius 1 is 0.500 bits per heavy atom. The largest absolute Gasteiger partial charge is 0.322 e. The molecule has 52 heavy (non-hydrogen) atoms. The van der Waals surface area contributed by atoms with Crippen molar-refractivity contribution < 1.29 is 9.59 Å². The number of nitrogens with zero attached hydrogens (tertiary/aromatic N) is 2. The van der Waals surface area contributed by atoms with Crippen LogP contribution >= 0.6 is 22.7 Å². The van der Waals surface area contributed by atoms with Crippen LogP contribution in [0, 0.1) is 27.7 Å². The summed E-state index contributed by atoms with van der Waals surface area (Å²) in [4.78, 5) is 41.7. The number of amides is 2. The standard InChI is InChI=1S/C44H34N4O2S2/c1-25-21-29(15-17-35(25)47-43(49)33-23-39(41-19-13-27(3)51-41)45-37-11-7-5-9-31(33)37)30-16-18-36(26(2)22-30)48-44(50)34-24-40(42-20-14-28(4)52-42)46-38-12-8-6-10-32(34)38/h5-24H,1-4H3,(H,47,49)(H,48,50). The lowest BCUT2D eigenvalue weighted by molar-refractivity contribution is 0.102. The van der Waals surface area contributed by atoms with E-state index in [4.69, 9.17) is 9.97 Å². The van der Waals surface area contributed by atoms with Gasteiger partial charge in [0.15, 0.2) is 0 Å². The van der Waals surface area contributed by atoms with E-state index in [0.717, 1.165) is 76.6 Å². The lowest BCUT2D eigenvalue weighted by atomic mass is 9.99. The molecule has 0 unspecified atom stereocenters. The zero-order valence-corrected chi connectivity index (χ0v) is 30.7. The van der Waals surface area contributed by atoms with Gasteiger partial charge < -0.3 is 10.6 Å². The van der Waals surface area contributed by atoms with Crippen molar-refractivity contribution in [1.29, 1.82) is 0 Å². The number of rotatable bonds is 7. The van der Waals surface area contributed by atoms with Gasteiger partial charge in [-0.15, -0.1) is 22.7 Å². The van der Waals surface area contributed by atoms with Gasteiger partial charge >= 0.3 is 0 Å². The van der Waals surface area contributed by atoms with Crippen LogP contribution in [0.25, 0.3) is 54.1 Å². The number of thiophene rings is 2. The first kappa shape index (κ1) is 33.2. The molecule has 0 aliphatic carbocycles. The van der Waals surface area contributed by atoms with Crippen molar-refractivity contribution in [3.63, 3.8) is 0 Å². The lowest BCUT2D eigenvalue weighted by Gasteiger charge is -2.14. The molecule has 0 spiro atoms. The van der Waals surface area contributed by atoms with E-state index in [9.17, 15) is 9.59 Å². The van der Waals surface area contributed by atoms with Gasteiger partial charge in [-0.1, -0.05) is 48.5 Å². The number of carbonyl (C=O) groups excluding carboxylic acids is 2. The van der Waals surface area contributed by atoms with E-state index >= 15 is 0 Å². The van der Waals surface area contributed by atoms with Crippen molar-refractivity contribution in [3.05, 3.63) is 153 Å². The SMILES string of the molecule is Cc1ccc(-c2cc(C(=O)Nc3ccc(-c4ccc(NC(=O)c5cc(-c6ccc(C)s6)nc6ccccc56)c(C)c4)cc3C)c3ccccc3n2)s1. The topological polar surface area (TPSA) is 84.0 Å². The van der Waals surface area contributed by atoms with Crippen LogP contribution in [0.4, 0.5) is 11.4 Å². The molecule has 4 aromatic carbocycles. The molecular weight excluding hydrogens is 681 g/mol. The third kappa shape index (κ3) is 6.50. The van der Waals surface area contributed by atoms with E-state index in [1.807, 2.05) is 98.8 Å². The zero-order chi connectivity index (χ0) is 35.9. The first-order valence-electron chi connectivity index (χ1n) is 17.0. The fourth-order valence-corrected chi connectivity index (χ4v) is 8.13. The Bertz CT molecular complexity index is 2500. The molecule has 4 heterocycles. The van der Waals surface area contributed by atoms with Gasteiger partial charge in [0, 0.05) is 31.9 Å². The van der Waals surface area contributed by atoms with Gasteiger partial charge in [-0.05, 0) is 123 Å². The lowest BCUT2D eigenvalue weighted by Crippen LogP contribution is -2.14. The first-order chi connectivity index (χ1) is 25.2. The highest BCUT2D eigenvalue weighted by Crippen LogP contribution is 2.33. The third-order valence-corrected chi connectivity index (χ3v) is 11.2. The van der Waals surface area contributed by atoms with Gasteiger partial charge in [0.2, 0.25) is 0 Å². The third-order valence-electron chi connectivity index (χ3n) is 9.19. The second-order valence-electron chi connectivity index (χ2n) is 12.9. The number of para-hydroxylation sites is 2. The number of nitrogens with one attached hydrogen (secondary N) is 2. The van der Waals surface area contributed by atoms with Gasteiger partial charge in [-0.25, -0.2) is 9.97 Å². The van der Waals surface area contributed by atoms with Crippen LogP contribution in [0.2, 0.25) is 0 Å². The maximum absolute atomic E-state index is 13.8.